The van der Waals surface area contributed by atoms with Crippen LogP contribution in [0.3, 0.4) is 0 Å². The lowest BCUT2D eigenvalue weighted by atomic mass is 10.1. The van der Waals surface area contributed by atoms with Gasteiger partial charge in [-0.15, -0.1) is 0 Å². The predicted molar refractivity (Wildman–Crippen MR) is 94.6 cm³/mol. The molecule has 0 spiro atoms. The highest BCUT2D eigenvalue weighted by Gasteiger charge is 2.43. The molecule has 2 atom stereocenters. The number of nitrogens with zero attached hydrogens (tertiary/aromatic N) is 2. The van der Waals surface area contributed by atoms with Gasteiger partial charge in [0.1, 0.15) is 0 Å². The molecule has 1 aliphatic carbocycles. The van der Waals surface area contributed by atoms with Crippen molar-refractivity contribution >= 4 is 16.8 Å². The van der Waals surface area contributed by atoms with Crippen molar-refractivity contribution in [3.63, 3.8) is 0 Å². The van der Waals surface area contributed by atoms with E-state index in [1.54, 1.807) is 0 Å². The highest BCUT2D eigenvalue weighted by Crippen LogP contribution is 2.47. The van der Waals surface area contributed by atoms with Crippen LogP contribution in [0.2, 0.25) is 0 Å². The van der Waals surface area contributed by atoms with Crippen molar-refractivity contribution < 1.29 is 4.79 Å². The van der Waals surface area contributed by atoms with Crippen LogP contribution in [0.15, 0.2) is 60.8 Å². The molecule has 0 aliphatic heterocycles. The van der Waals surface area contributed by atoms with Crippen LogP contribution in [0.4, 0.5) is 0 Å². The molecule has 1 saturated carbocycles. The number of hydrogen-bond donors (Lipinski definition) is 1. The summed E-state index contributed by atoms with van der Waals surface area (Å²) in [6.07, 6.45) is 3.75. The van der Waals surface area contributed by atoms with E-state index in [9.17, 15) is 4.79 Å². The number of aryl methyl sites for hydroxylation is 1. The zero-order valence-corrected chi connectivity index (χ0v) is 13.6. The number of amides is 1. The van der Waals surface area contributed by atoms with E-state index in [-0.39, 0.29) is 11.8 Å². The minimum absolute atomic E-state index is 0.151. The topological polar surface area (TPSA) is 46.9 Å². The van der Waals surface area contributed by atoms with Crippen LogP contribution in [0.5, 0.6) is 0 Å². The molecule has 0 saturated heterocycles. The Morgan fingerprint density at radius 1 is 1.12 bits per heavy atom. The molecule has 1 heterocycles. The maximum Gasteiger partial charge on any atom is 0.223 e. The third-order valence-corrected chi connectivity index (χ3v) is 4.75. The molecule has 0 unspecified atom stereocenters. The average Bonchev–Trinajstić information content (AvgIpc) is 3.34. The predicted octanol–water partition coefficient (Wildman–Crippen LogP) is 3.35. The summed E-state index contributed by atoms with van der Waals surface area (Å²) < 4.78 is 2.01. The van der Waals surface area contributed by atoms with Gasteiger partial charge in [0.05, 0.1) is 11.7 Å². The van der Waals surface area contributed by atoms with Crippen LogP contribution in [0.25, 0.3) is 10.9 Å². The number of para-hydroxylation sites is 1. The first kappa shape index (κ1) is 14.9. The molecule has 4 heteroatoms. The van der Waals surface area contributed by atoms with E-state index in [0.29, 0.717) is 12.5 Å². The van der Waals surface area contributed by atoms with E-state index in [4.69, 9.17) is 0 Å². The van der Waals surface area contributed by atoms with Crippen LogP contribution in [-0.4, -0.2) is 22.2 Å². The maximum absolute atomic E-state index is 12.2. The summed E-state index contributed by atoms with van der Waals surface area (Å²) in [5.41, 5.74) is 2.43. The van der Waals surface area contributed by atoms with Crippen molar-refractivity contribution in [1.82, 2.24) is 15.1 Å². The molecule has 1 aliphatic rings. The Morgan fingerprint density at radius 3 is 2.79 bits per heavy atom. The molecule has 1 N–H and O–H groups in total. The fraction of sp³-hybridized carbons (Fsp3) is 0.300. The van der Waals surface area contributed by atoms with E-state index in [0.717, 1.165) is 30.3 Å². The molecular formula is C20H21N3O. The molecule has 1 aromatic heterocycles. The monoisotopic (exact) mass is 319 g/mol. The summed E-state index contributed by atoms with van der Waals surface area (Å²) >= 11 is 0. The van der Waals surface area contributed by atoms with Crippen molar-refractivity contribution in [2.45, 2.75) is 25.3 Å². The Labute approximate surface area is 141 Å². The number of nitrogens with one attached hydrogen (secondary N) is 1. The molecular weight excluding hydrogens is 298 g/mol. The minimum atomic E-state index is 0.151. The van der Waals surface area contributed by atoms with Gasteiger partial charge in [0.25, 0.3) is 0 Å². The second-order valence-corrected chi connectivity index (χ2v) is 6.43. The summed E-state index contributed by atoms with van der Waals surface area (Å²) in [5.74, 6) is 0.744. The van der Waals surface area contributed by atoms with Gasteiger partial charge in [0.2, 0.25) is 5.91 Å². The van der Waals surface area contributed by atoms with Crippen LogP contribution < -0.4 is 5.32 Å². The quantitative estimate of drug-likeness (QED) is 0.708. The molecule has 0 radical (unpaired) electrons. The van der Waals surface area contributed by atoms with Gasteiger partial charge in [-0.3, -0.25) is 9.48 Å². The van der Waals surface area contributed by atoms with E-state index >= 15 is 0 Å². The Bertz CT molecular complexity index is 840. The van der Waals surface area contributed by atoms with Gasteiger partial charge in [-0.1, -0.05) is 48.5 Å². The van der Waals surface area contributed by atoms with Gasteiger partial charge >= 0.3 is 0 Å². The zero-order chi connectivity index (χ0) is 16.4. The number of aromatic nitrogens is 2. The van der Waals surface area contributed by atoms with Crippen molar-refractivity contribution in [3.05, 3.63) is 66.4 Å². The fourth-order valence-electron chi connectivity index (χ4n) is 3.33. The normalized spacial score (nSPS) is 19.3. The summed E-state index contributed by atoms with van der Waals surface area (Å²) in [6.45, 7) is 1.52. The van der Waals surface area contributed by atoms with Crippen LogP contribution in [0.1, 0.15) is 24.3 Å². The smallest absolute Gasteiger partial charge is 0.223 e. The second kappa shape index (κ2) is 6.48. The molecule has 24 heavy (non-hydrogen) atoms. The lowest BCUT2D eigenvalue weighted by molar-refractivity contribution is -0.122. The highest BCUT2D eigenvalue weighted by atomic mass is 16.2. The van der Waals surface area contributed by atoms with Gasteiger partial charge < -0.3 is 5.32 Å². The Morgan fingerprint density at radius 2 is 1.92 bits per heavy atom. The summed E-state index contributed by atoms with van der Waals surface area (Å²) in [7, 11) is 0. The Balaban J connectivity index is 1.24. The van der Waals surface area contributed by atoms with Gasteiger partial charge in [0.15, 0.2) is 0 Å². The fourth-order valence-corrected chi connectivity index (χ4v) is 3.33. The molecule has 4 rings (SSSR count). The van der Waals surface area contributed by atoms with Crippen molar-refractivity contribution in [2.75, 3.05) is 6.54 Å². The van der Waals surface area contributed by atoms with Gasteiger partial charge in [-0.2, -0.15) is 5.10 Å². The Kier molecular flexibility index (Phi) is 4.03. The first-order valence-electron chi connectivity index (χ1n) is 8.56. The first-order chi connectivity index (χ1) is 11.8. The SMILES string of the molecule is O=C(NCCCn1ncc2ccccc21)[C@@H]1C[C@@H]1c1ccccc1. The number of benzene rings is 2. The largest absolute Gasteiger partial charge is 0.356 e. The van der Waals surface area contributed by atoms with E-state index in [2.05, 4.69) is 34.7 Å². The van der Waals surface area contributed by atoms with E-state index < -0.39 is 0 Å². The first-order valence-corrected chi connectivity index (χ1v) is 8.56. The summed E-state index contributed by atoms with van der Waals surface area (Å²) in [5, 5.41) is 8.65. The highest BCUT2D eigenvalue weighted by molar-refractivity contribution is 5.82. The summed E-state index contributed by atoms with van der Waals surface area (Å²) in [6, 6.07) is 18.5. The molecule has 122 valence electrons. The van der Waals surface area contributed by atoms with Gasteiger partial charge in [-0.25, -0.2) is 0 Å². The molecule has 4 nitrogen and oxygen atoms in total. The molecule has 2 aromatic carbocycles. The third kappa shape index (κ3) is 3.04. The van der Waals surface area contributed by atoms with Crippen LogP contribution in [-0.2, 0) is 11.3 Å². The number of carbonyl (C=O) groups is 1. The average molecular weight is 319 g/mol. The molecule has 3 aromatic rings. The minimum Gasteiger partial charge on any atom is -0.356 e. The van der Waals surface area contributed by atoms with Gasteiger partial charge in [-0.05, 0) is 30.4 Å². The zero-order valence-electron chi connectivity index (χ0n) is 13.6. The van der Waals surface area contributed by atoms with Gasteiger partial charge in [0, 0.05) is 24.4 Å². The van der Waals surface area contributed by atoms with Crippen molar-refractivity contribution in [3.8, 4) is 0 Å². The van der Waals surface area contributed by atoms with E-state index in [1.807, 2.05) is 41.2 Å². The lowest BCUT2D eigenvalue weighted by Gasteiger charge is -2.06. The molecule has 1 fully saturated rings. The number of hydrogen-bond acceptors (Lipinski definition) is 2. The number of fused-ring (bicyclic) bond motifs is 1. The van der Waals surface area contributed by atoms with Crippen LogP contribution in [0, 0.1) is 5.92 Å². The van der Waals surface area contributed by atoms with Crippen molar-refractivity contribution in [2.24, 2.45) is 5.92 Å². The maximum atomic E-state index is 12.2. The molecule has 0 bridgehead atoms. The Hall–Kier alpha value is -2.62. The van der Waals surface area contributed by atoms with Crippen LogP contribution >= 0.6 is 0 Å². The lowest BCUT2D eigenvalue weighted by Crippen LogP contribution is -2.27. The molecule has 1 amide bonds. The second-order valence-electron chi connectivity index (χ2n) is 6.43. The van der Waals surface area contributed by atoms with Crippen molar-refractivity contribution in [1.29, 1.82) is 0 Å². The number of carbonyl (C=O) groups excluding carboxylic acids is 1. The number of rotatable bonds is 6. The summed E-state index contributed by atoms with van der Waals surface area (Å²) in [4.78, 5) is 12.2. The van der Waals surface area contributed by atoms with E-state index in [1.165, 1.54) is 5.56 Å². The third-order valence-electron chi connectivity index (χ3n) is 4.75. The standard InChI is InChI=1S/C20H21N3O/c24-20(18-13-17(18)15-7-2-1-3-8-15)21-11-6-12-23-19-10-5-4-9-16(19)14-22-23/h1-5,7-10,14,17-18H,6,11-13H2,(H,21,24)/t17-,18-/m1/s1.